The number of esters is 1. The Balaban J connectivity index is 1.66. The topological polar surface area (TPSA) is 82.5 Å². The van der Waals surface area contributed by atoms with E-state index >= 15 is 0 Å². The van der Waals surface area contributed by atoms with Gasteiger partial charge in [0.1, 0.15) is 5.56 Å². The largest absolute Gasteiger partial charge is 0.462 e. The van der Waals surface area contributed by atoms with Crippen LogP contribution in [-0.2, 0) is 22.6 Å². The second kappa shape index (κ2) is 9.84. The normalized spacial score (nSPS) is 10.6. The number of methoxy groups -OCH3 is 1. The molecule has 0 aliphatic carbocycles. The van der Waals surface area contributed by atoms with E-state index < -0.39 is 5.97 Å². The van der Waals surface area contributed by atoms with E-state index in [1.165, 1.54) is 6.20 Å². The molecule has 0 radical (unpaired) electrons. The molecular weight excluding hydrogens is 382 g/mol. The molecular formula is C23H25N3O4. The Bertz CT molecular complexity index is 1030. The van der Waals surface area contributed by atoms with Crippen LogP contribution in [-0.4, -0.2) is 35.4 Å². The third-order valence-electron chi connectivity index (χ3n) is 4.63. The molecule has 0 saturated carbocycles. The van der Waals surface area contributed by atoms with Gasteiger partial charge in [-0.2, -0.15) is 5.10 Å². The zero-order valence-corrected chi connectivity index (χ0v) is 17.3. The number of carbonyl (C=O) groups excluding carboxylic acids is 2. The monoisotopic (exact) mass is 407 g/mol. The summed E-state index contributed by atoms with van der Waals surface area (Å²) in [6.07, 6.45) is 1.49. The minimum Gasteiger partial charge on any atom is -0.462 e. The molecule has 1 amide bonds. The van der Waals surface area contributed by atoms with Crippen molar-refractivity contribution in [2.24, 2.45) is 0 Å². The highest BCUT2D eigenvalue weighted by Gasteiger charge is 2.16. The van der Waals surface area contributed by atoms with Crippen molar-refractivity contribution in [3.63, 3.8) is 0 Å². The first-order chi connectivity index (χ1) is 14.5. The molecule has 0 spiro atoms. The molecule has 0 unspecified atom stereocenters. The van der Waals surface area contributed by atoms with Crippen molar-refractivity contribution in [2.45, 2.75) is 27.0 Å². The summed E-state index contributed by atoms with van der Waals surface area (Å²) in [6, 6.07) is 15.0. The Labute approximate surface area is 175 Å². The molecule has 156 valence electrons. The molecule has 2 aromatic carbocycles. The molecule has 1 heterocycles. The lowest BCUT2D eigenvalue weighted by Gasteiger charge is -2.09. The van der Waals surface area contributed by atoms with Crippen molar-refractivity contribution < 1.29 is 19.1 Å². The number of rotatable bonds is 8. The van der Waals surface area contributed by atoms with Crippen LogP contribution in [0.3, 0.4) is 0 Å². The summed E-state index contributed by atoms with van der Waals surface area (Å²) >= 11 is 0. The van der Waals surface area contributed by atoms with Gasteiger partial charge in [-0.15, -0.1) is 0 Å². The molecule has 7 heteroatoms. The average molecular weight is 407 g/mol. The molecule has 0 atom stereocenters. The fourth-order valence-electron chi connectivity index (χ4n) is 3.11. The summed E-state index contributed by atoms with van der Waals surface area (Å²) in [4.78, 5) is 24.5. The lowest BCUT2D eigenvalue weighted by Crippen LogP contribution is -2.22. The Hall–Kier alpha value is -3.45. The van der Waals surface area contributed by atoms with Crippen LogP contribution in [0.4, 0.5) is 0 Å². The van der Waals surface area contributed by atoms with Crippen LogP contribution in [0.15, 0.2) is 54.7 Å². The highest BCUT2D eigenvalue weighted by Crippen LogP contribution is 2.16. The second-order valence-corrected chi connectivity index (χ2v) is 6.76. The highest BCUT2D eigenvalue weighted by atomic mass is 16.5. The van der Waals surface area contributed by atoms with E-state index in [0.717, 1.165) is 16.8 Å². The number of benzene rings is 2. The van der Waals surface area contributed by atoms with Gasteiger partial charge < -0.3 is 14.8 Å². The fraction of sp³-hybridized carbons (Fsp3) is 0.261. The Morgan fingerprint density at radius 3 is 2.53 bits per heavy atom. The van der Waals surface area contributed by atoms with Crippen molar-refractivity contribution in [2.75, 3.05) is 13.7 Å². The molecule has 1 N–H and O–H groups in total. The van der Waals surface area contributed by atoms with E-state index in [2.05, 4.69) is 10.4 Å². The van der Waals surface area contributed by atoms with Gasteiger partial charge in [0.05, 0.1) is 30.8 Å². The molecule has 7 nitrogen and oxygen atoms in total. The van der Waals surface area contributed by atoms with Gasteiger partial charge in [-0.3, -0.25) is 4.79 Å². The third kappa shape index (κ3) is 4.93. The van der Waals surface area contributed by atoms with Gasteiger partial charge in [0.15, 0.2) is 0 Å². The molecule has 0 bridgehead atoms. The zero-order chi connectivity index (χ0) is 21.5. The standard InChI is InChI=1S/C23H25N3O4/c1-4-30-23(28)21-14-25-26(16(21)2)20-10-8-19(9-11-20)22(27)24-13-17-6-5-7-18(12-17)15-29-3/h5-12,14H,4,13,15H2,1-3H3,(H,24,27). The van der Waals surface area contributed by atoms with Gasteiger partial charge in [0.25, 0.3) is 5.91 Å². The van der Waals surface area contributed by atoms with Crippen LogP contribution in [0, 0.1) is 6.92 Å². The molecule has 30 heavy (non-hydrogen) atoms. The first-order valence-corrected chi connectivity index (χ1v) is 9.70. The van der Waals surface area contributed by atoms with E-state index in [1.807, 2.05) is 24.3 Å². The summed E-state index contributed by atoms with van der Waals surface area (Å²) in [5.74, 6) is -0.560. The van der Waals surface area contributed by atoms with E-state index in [9.17, 15) is 9.59 Å². The summed E-state index contributed by atoms with van der Waals surface area (Å²) in [6.45, 7) is 4.84. The first-order valence-electron chi connectivity index (χ1n) is 9.70. The summed E-state index contributed by atoms with van der Waals surface area (Å²) in [5.41, 5.74) is 4.48. The molecule has 1 aromatic heterocycles. The minimum atomic E-state index is -0.396. The lowest BCUT2D eigenvalue weighted by atomic mass is 10.1. The second-order valence-electron chi connectivity index (χ2n) is 6.76. The number of aromatic nitrogens is 2. The molecule has 0 fully saturated rings. The summed E-state index contributed by atoms with van der Waals surface area (Å²) < 4.78 is 11.8. The van der Waals surface area contributed by atoms with Gasteiger partial charge in [-0.25, -0.2) is 9.48 Å². The average Bonchev–Trinajstić information content (AvgIpc) is 3.14. The van der Waals surface area contributed by atoms with Gasteiger partial charge in [0.2, 0.25) is 0 Å². The SMILES string of the molecule is CCOC(=O)c1cnn(-c2ccc(C(=O)NCc3cccc(COC)c3)cc2)c1C. The number of carbonyl (C=O) groups is 2. The van der Waals surface area contributed by atoms with Gasteiger partial charge in [-0.05, 0) is 49.2 Å². The first kappa shape index (κ1) is 21.3. The fourth-order valence-corrected chi connectivity index (χ4v) is 3.11. The Morgan fingerprint density at radius 2 is 1.83 bits per heavy atom. The van der Waals surface area contributed by atoms with Crippen molar-refractivity contribution in [3.05, 3.63) is 82.7 Å². The molecule has 0 aliphatic heterocycles. The maximum atomic E-state index is 12.5. The number of ether oxygens (including phenoxy) is 2. The number of nitrogens with zero attached hydrogens (tertiary/aromatic N) is 2. The Morgan fingerprint density at radius 1 is 1.10 bits per heavy atom. The van der Waals surface area contributed by atoms with Crippen LogP contribution >= 0.6 is 0 Å². The van der Waals surface area contributed by atoms with Crippen LogP contribution in [0.5, 0.6) is 0 Å². The number of nitrogens with one attached hydrogen (secondary N) is 1. The van der Waals surface area contributed by atoms with Crippen molar-refractivity contribution in [1.29, 1.82) is 0 Å². The number of amides is 1. The van der Waals surface area contributed by atoms with Crippen LogP contribution in [0.1, 0.15) is 44.5 Å². The highest BCUT2D eigenvalue weighted by molar-refractivity contribution is 5.94. The summed E-state index contributed by atoms with van der Waals surface area (Å²) in [7, 11) is 1.65. The maximum absolute atomic E-state index is 12.5. The minimum absolute atomic E-state index is 0.164. The maximum Gasteiger partial charge on any atom is 0.341 e. The molecule has 0 aliphatic rings. The van der Waals surface area contributed by atoms with E-state index in [0.29, 0.717) is 36.6 Å². The predicted octanol–water partition coefficient (Wildman–Crippen LogP) is 3.43. The number of hydrogen-bond donors (Lipinski definition) is 1. The quantitative estimate of drug-likeness (QED) is 0.579. The van der Waals surface area contributed by atoms with Crippen LogP contribution in [0.25, 0.3) is 5.69 Å². The predicted molar refractivity (Wildman–Crippen MR) is 113 cm³/mol. The molecule has 3 rings (SSSR count). The van der Waals surface area contributed by atoms with Crippen molar-refractivity contribution in [1.82, 2.24) is 15.1 Å². The summed E-state index contributed by atoms with van der Waals surface area (Å²) in [5, 5.41) is 7.19. The smallest absolute Gasteiger partial charge is 0.341 e. The van der Waals surface area contributed by atoms with Crippen LogP contribution < -0.4 is 5.32 Å². The van der Waals surface area contributed by atoms with Gasteiger partial charge in [0, 0.05) is 19.2 Å². The zero-order valence-electron chi connectivity index (χ0n) is 17.3. The van der Waals surface area contributed by atoms with Gasteiger partial charge in [-0.1, -0.05) is 24.3 Å². The molecule has 3 aromatic rings. The van der Waals surface area contributed by atoms with Crippen molar-refractivity contribution >= 4 is 11.9 Å². The Kier molecular flexibility index (Phi) is 6.98. The van der Waals surface area contributed by atoms with Crippen molar-refractivity contribution in [3.8, 4) is 5.69 Å². The number of hydrogen-bond acceptors (Lipinski definition) is 5. The lowest BCUT2D eigenvalue weighted by molar-refractivity contribution is 0.0525. The molecule has 0 saturated heterocycles. The van der Waals surface area contributed by atoms with Gasteiger partial charge >= 0.3 is 5.97 Å². The third-order valence-corrected chi connectivity index (χ3v) is 4.63. The van der Waals surface area contributed by atoms with E-state index in [1.54, 1.807) is 49.9 Å². The van der Waals surface area contributed by atoms with Crippen LogP contribution in [0.2, 0.25) is 0 Å². The van der Waals surface area contributed by atoms with E-state index in [-0.39, 0.29) is 5.91 Å². The van der Waals surface area contributed by atoms with E-state index in [4.69, 9.17) is 9.47 Å².